The first kappa shape index (κ1) is 12.4. The van der Waals surface area contributed by atoms with Gasteiger partial charge in [0.2, 0.25) is 0 Å². The van der Waals surface area contributed by atoms with Gasteiger partial charge in [-0.05, 0) is 19.4 Å². The number of morpholine rings is 1. The van der Waals surface area contributed by atoms with E-state index in [-0.39, 0.29) is 12.6 Å². The zero-order valence-corrected chi connectivity index (χ0v) is 10.2. The molecule has 0 bridgehead atoms. The molecule has 1 fully saturated rings. The highest BCUT2D eigenvalue weighted by atomic mass is 79.9. The lowest BCUT2D eigenvalue weighted by atomic mass is 10.2. The molecule has 0 amide bonds. The van der Waals surface area contributed by atoms with Crippen LogP contribution in [0.15, 0.2) is 0 Å². The lowest BCUT2D eigenvalue weighted by Crippen LogP contribution is -2.47. The third kappa shape index (κ3) is 4.26. The monoisotopic (exact) mass is 265 g/mol. The Labute approximate surface area is 94.6 Å². The lowest BCUT2D eigenvalue weighted by Gasteiger charge is -2.34. The van der Waals surface area contributed by atoms with Gasteiger partial charge in [-0.25, -0.2) is 0 Å². The number of alkyl halides is 1. The Morgan fingerprint density at radius 2 is 2.21 bits per heavy atom. The van der Waals surface area contributed by atoms with Gasteiger partial charge in [0.15, 0.2) is 0 Å². The van der Waals surface area contributed by atoms with Crippen LogP contribution >= 0.6 is 15.9 Å². The summed E-state index contributed by atoms with van der Waals surface area (Å²) in [5.74, 6) is 0. The summed E-state index contributed by atoms with van der Waals surface area (Å²) in [7, 11) is 0. The van der Waals surface area contributed by atoms with Gasteiger partial charge in [0.05, 0.1) is 25.9 Å². The van der Waals surface area contributed by atoms with Crippen LogP contribution < -0.4 is 0 Å². The maximum absolute atomic E-state index is 9.13. The fourth-order valence-corrected chi connectivity index (χ4v) is 2.13. The third-order valence-electron chi connectivity index (χ3n) is 2.64. The fourth-order valence-electron chi connectivity index (χ4n) is 1.74. The molecule has 1 N–H and O–H groups in total. The van der Waals surface area contributed by atoms with Crippen molar-refractivity contribution in [3.63, 3.8) is 0 Å². The van der Waals surface area contributed by atoms with E-state index in [0.717, 1.165) is 25.0 Å². The van der Waals surface area contributed by atoms with Crippen LogP contribution in [0.4, 0.5) is 0 Å². The highest BCUT2D eigenvalue weighted by Crippen LogP contribution is 2.08. The van der Waals surface area contributed by atoms with Crippen molar-refractivity contribution in [3.8, 4) is 0 Å². The highest BCUT2D eigenvalue weighted by molar-refractivity contribution is 9.09. The Morgan fingerprint density at radius 1 is 1.36 bits per heavy atom. The minimum Gasteiger partial charge on any atom is -0.395 e. The molecule has 1 rings (SSSR count). The number of hydrogen-bond acceptors (Lipinski definition) is 3. The Bertz CT molecular complexity index is 146. The molecular formula is C10H20BrNO2. The summed E-state index contributed by atoms with van der Waals surface area (Å²) in [5, 5.41) is 10.2. The van der Waals surface area contributed by atoms with Crippen LogP contribution in [0.5, 0.6) is 0 Å². The molecule has 1 aliphatic rings. The molecule has 0 radical (unpaired) electrons. The number of aliphatic hydroxyl groups excluding tert-OH is 1. The molecule has 14 heavy (non-hydrogen) atoms. The normalized spacial score (nSPS) is 24.0. The number of hydrogen-bond donors (Lipinski definition) is 1. The largest absolute Gasteiger partial charge is 0.395 e. The summed E-state index contributed by atoms with van der Waals surface area (Å²) in [6.07, 6.45) is 3.73. The van der Waals surface area contributed by atoms with Crippen LogP contribution in [0.3, 0.4) is 0 Å². The number of unbranched alkanes of at least 4 members (excludes halogenated alkanes) is 2. The average Bonchev–Trinajstić information content (AvgIpc) is 2.25. The van der Waals surface area contributed by atoms with E-state index in [1.165, 1.54) is 19.3 Å². The zero-order chi connectivity index (χ0) is 10.2. The predicted octanol–water partition coefficient (Wildman–Crippen LogP) is 1.24. The number of aliphatic hydroxyl groups is 1. The summed E-state index contributed by atoms with van der Waals surface area (Å²) >= 11 is 3.43. The third-order valence-corrected chi connectivity index (χ3v) is 3.20. The van der Waals surface area contributed by atoms with Crippen molar-refractivity contribution in [2.45, 2.75) is 25.3 Å². The summed E-state index contributed by atoms with van der Waals surface area (Å²) in [6.45, 7) is 3.80. The molecule has 0 aliphatic carbocycles. The summed E-state index contributed by atoms with van der Waals surface area (Å²) in [6, 6.07) is 0.229. The minimum absolute atomic E-state index is 0.221. The van der Waals surface area contributed by atoms with Crippen molar-refractivity contribution >= 4 is 15.9 Å². The van der Waals surface area contributed by atoms with Gasteiger partial charge < -0.3 is 9.84 Å². The first-order chi connectivity index (χ1) is 6.88. The van der Waals surface area contributed by atoms with Crippen molar-refractivity contribution in [1.29, 1.82) is 0 Å². The van der Waals surface area contributed by atoms with Gasteiger partial charge in [-0.3, -0.25) is 4.90 Å². The molecule has 3 nitrogen and oxygen atoms in total. The van der Waals surface area contributed by atoms with Crippen LogP contribution in [0.1, 0.15) is 19.3 Å². The van der Waals surface area contributed by atoms with E-state index in [9.17, 15) is 0 Å². The molecule has 0 aromatic rings. The van der Waals surface area contributed by atoms with E-state index < -0.39 is 0 Å². The number of nitrogens with zero attached hydrogens (tertiary/aromatic N) is 1. The maximum atomic E-state index is 9.13. The van der Waals surface area contributed by atoms with Crippen molar-refractivity contribution in [2.24, 2.45) is 0 Å². The SMILES string of the molecule is OCC1COCCN1CCCCCBr. The second-order valence-electron chi connectivity index (χ2n) is 3.70. The molecule has 1 saturated heterocycles. The topological polar surface area (TPSA) is 32.7 Å². The molecule has 0 spiro atoms. The van der Waals surface area contributed by atoms with E-state index in [1.54, 1.807) is 0 Å². The first-order valence-electron chi connectivity index (χ1n) is 5.37. The Morgan fingerprint density at radius 3 is 2.93 bits per heavy atom. The van der Waals surface area contributed by atoms with Gasteiger partial charge in [-0.15, -0.1) is 0 Å². The summed E-state index contributed by atoms with van der Waals surface area (Å²) in [5.41, 5.74) is 0. The minimum atomic E-state index is 0.221. The molecule has 0 aromatic carbocycles. The van der Waals surface area contributed by atoms with Gasteiger partial charge in [-0.1, -0.05) is 22.4 Å². The van der Waals surface area contributed by atoms with Crippen LogP contribution in [0.2, 0.25) is 0 Å². The van der Waals surface area contributed by atoms with E-state index in [0.29, 0.717) is 6.61 Å². The van der Waals surface area contributed by atoms with Crippen LogP contribution in [-0.2, 0) is 4.74 Å². The van der Waals surface area contributed by atoms with E-state index in [1.807, 2.05) is 0 Å². The second-order valence-corrected chi connectivity index (χ2v) is 4.49. The van der Waals surface area contributed by atoms with Crippen LogP contribution in [-0.4, -0.2) is 54.3 Å². The van der Waals surface area contributed by atoms with Gasteiger partial charge >= 0.3 is 0 Å². The average molecular weight is 266 g/mol. The smallest absolute Gasteiger partial charge is 0.0644 e. The molecule has 1 aliphatic heterocycles. The lowest BCUT2D eigenvalue weighted by molar-refractivity contribution is -0.0278. The van der Waals surface area contributed by atoms with Crippen LogP contribution in [0, 0.1) is 0 Å². The molecule has 84 valence electrons. The predicted molar refractivity (Wildman–Crippen MR) is 60.9 cm³/mol. The van der Waals surface area contributed by atoms with Crippen molar-refractivity contribution in [2.75, 3.05) is 38.2 Å². The second kappa shape index (κ2) is 7.63. The van der Waals surface area contributed by atoms with E-state index >= 15 is 0 Å². The quantitative estimate of drug-likeness (QED) is 0.580. The summed E-state index contributed by atoms with van der Waals surface area (Å²) in [4.78, 5) is 2.34. The Balaban J connectivity index is 2.13. The molecule has 1 atom stereocenters. The van der Waals surface area contributed by atoms with Gasteiger partial charge in [0, 0.05) is 11.9 Å². The molecule has 0 saturated carbocycles. The standard InChI is InChI=1S/C10H20BrNO2/c11-4-2-1-3-5-12-6-7-14-9-10(12)8-13/h10,13H,1-9H2. The molecule has 0 aromatic heterocycles. The Hall–Kier alpha value is 0.360. The van der Waals surface area contributed by atoms with Crippen molar-refractivity contribution < 1.29 is 9.84 Å². The van der Waals surface area contributed by atoms with Crippen molar-refractivity contribution in [1.82, 2.24) is 4.90 Å². The van der Waals surface area contributed by atoms with Gasteiger partial charge in [-0.2, -0.15) is 0 Å². The van der Waals surface area contributed by atoms with E-state index in [4.69, 9.17) is 9.84 Å². The van der Waals surface area contributed by atoms with E-state index in [2.05, 4.69) is 20.8 Å². The van der Waals surface area contributed by atoms with Crippen LogP contribution in [0.25, 0.3) is 0 Å². The number of ether oxygens (including phenoxy) is 1. The first-order valence-corrected chi connectivity index (χ1v) is 6.49. The maximum Gasteiger partial charge on any atom is 0.0644 e. The molecular weight excluding hydrogens is 246 g/mol. The van der Waals surface area contributed by atoms with Gasteiger partial charge in [0.25, 0.3) is 0 Å². The number of halogens is 1. The molecule has 4 heteroatoms. The molecule has 1 unspecified atom stereocenters. The Kier molecular flexibility index (Phi) is 6.77. The summed E-state index contributed by atoms with van der Waals surface area (Å²) < 4.78 is 5.32. The fraction of sp³-hybridized carbons (Fsp3) is 1.00. The number of rotatable bonds is 6. The zero-order valence-electron chi connectivity index (χ0n) is 8.62. The van der Waals surface area contributed by atoms with Gasteiger partial charge in [0.1, 0.15) is 0 Å². The van der Waals surface area contributed by atoms with Crippen molar-refractivity contribution in [3.05, 3.63) is 0 Å². The highest BCUT2D eigenvalue weighted by Gasteiger charge is 2.21. The molecule has 1 heterocycles.